The van der Waals surface area contributed by atoms with Crippen molar-refractivity contribution in [3.05, 3.63) is 69.8 Å². The van der Waals surface area contributed by atoms with Crippen molar-refractivity contribution in [3.8, 4) is 0 Å². The second-order valence-electron chi connectivity index (χ2n) is 8.07. The molecule has 38 heavy (non-hydrogen) atoms. The maximum absolute atomic E-state index is 12.3. The molecule has 2 N–H and O–H groups in total. The number of hydrogen-bond acceptors (Lipinski definition) is 10. The van der Waals surface area contributed by atoms with Crippen LogP contribution in [0.3, 0.4) is 0 Å². The van der Waals surface area contributed by atoms with Gasteiger partial charge in [0.2, 0.25) is 11.4 Å². The van der Waals surface area contributed by atoms with Gasteiger partial charge < -0.3 is 15.4 Å². The molecule has 0 bridgehead atoms. The highest BCUT2D eigenvalue weighted by atomic mass is 16.6. The fraction of sp³-hybridized carbons (Fsp3) is 0.269. The number of fused-ring (bicyclic) bond motifs is 1. The predicted octanol–water partition coefficient (Wildman–Crippen LogP) is 4.44. The lowest BCUT2D eigenvalue weighted by Gasteiger charge is -2.07. The summed E-state index contributed by atoms with van der Waals surface area (Å²) in [5.41, 5.74) is 2.40. The van der Waals surface area contributed by atoms with Gasteiger partial charge in [-0.25, -0.2) is 9.42 Å². The average molecular weight is 522 g/mol. The predicted molar refractivity (Wildman–Crippen MR) is 140 cm³/mol. The van der Waals surface area contributed by atoms with Crippen LogP contribution in [0.25, 0.3) is 17.1 Å². The van der Waals surface area contributed by atoms with E-state index in [0.717, 1.165) is 24.5 Å². The molecule has 0 saturated heterocycles. The Bertz CT molecular complexity index is 1350. The SMILES string of the molecule is CCOC(=O)C(/C=C/c1ccc(NC(=O)CCCCCNc2ccc([N+](=O)[O-])c3nonc23)cc1)=C/C=O. The Kier molecular flexibility index (Phi) is 10.2. The third kappa shape index (κ3) is 7.82. The van der Waals surface area contributed by atoms with E-state index in [9.17, 15) is 24.5 Å². The van der Waals surface area contributed by atoms with Gasteiger partial charge in [-0.05, 0) is 66.0 Å². The summed E-state index contributed by atoms with van der Waals surface area (Å²) in [5, 5.41) is 24.4. The molecule has 0 unspecified atom stereocenters. The van der Waals surface area contributed by atoms with Crippen molar-refractivity contribution in [2.24, 2.45) is 0 Å². The quantitative estimate of drug-likeness (QED) is 0.0588. The first kappa shape index (κ1) is 27.7. The number of aldehydes is 1. The zero-order chi connectivity index (χ0) is 27.3. The Balaban J connectivity index is 1.39. The van der Waals surface area contributed by atoms with Gasteiger partial charge in [0.1, 0.15) is 6.29 Å². The van der Waals surface area contributed by atoms with Gasteiger partial charge in [-0.1, -0.05) is 24.6 Å². The van der Waals surface area contributed by atoms with Gasteiger partial charge in [-0.3, -0.25) is 19.7 Å². The molecule has 0 aliphatic carbocycles. The largest absolute Gasteiger partial charge is 0.462 e. The number of unbranched alkanes of at least 4 members (excludes halogenated alkanes) is 2. The molecule has 0 saturated carbocycles. The molecule has 0 aliphatic heterocycles. The number of hydrogen-bond donors (Lipinski definition) is 2. The van der Waals surface area contributed by atoms with Crippen LogP contribution in [-0.4, -0.2) is 46.6 Å². The number of nitrogens with one attached hydrogen (secondary N) is 2. The van der Waals surface area contributed by atoms with Crippen LogP contribution in [0.4, 0.5) is 17.1 Å². The lowest BCUT2D eigenvalue weighted by molar-refractivity contribution is -0.383. The summed E-state index contributed by atoms with van der Waals surface area (Å²) < 4.78 is 9.56. The lowest BCUT2D eigenvalue weighted by atomic mass is 10.1. The summed E-state index contributed by atoms with van der Waals surface area (Å²) in [6.07, 6.45) is 7.47. The zero-order valence-corrected chi connectivity index (χ0v) is 20.7. The van der Waals surface area contributed by atoms with Gasteiger partial charge in [0, 0.05) is 24.7 Å². The number of carbonyl (C=O) groups is 3. The summed E-state index contributed by atoms with van der Waals surface area (Å²) >= 11 is 0. The van der Waals surface area contributed by atoms with Gasteiger partial charge in [-0.15, -0.1) is 0 Å². The van der Waals surface area contributed by atoms with Crippen molar-refractivity contribution in [2.75, 3.05) is 23.8 Å². The highest BCUT2D eigenvalue weighted by Crippen LogP contribution is 2.28. The van der Waals surface area contributed by atoms with Crippen molar-refractivity contribution in [1.82, 2.24) is 10.3 Å². The number of amides is 1. The molecule has 0 aliphatic rings. The van der Waals surface area contributed by atoms with Crippen molar-refractivity contribution in [2.45, 2.75) is 32.6 Å². The van der Waals surface area contributed by atoms with Gasteiger partial charge >= 0.3 is 11.7 Å². The molecule has 0 atom stereocenters. The third-order valence-corrected chi connectivity index (χ3v) is 5.40. The van der Waals surface area contributed by atoms with E-state index in [4.69, 9.17) is 4.74 Å². The third-order valence-electron chi connectivity index (χ3n) is 5.40. The summed E-state index contributed by atoms with van der Waals surface area (Å²) in [5.74, 6) is -0.683. The van der Waals surface area contributed by atoms with Crippen molar-refractivity contribution < 1.29 is 28.7 Å². The van der Waals surface area contributed by atoms with E-state index in [1.165, 1.54) is 12.1 Å². The molecule has 1 amide bonds. The number of benzene rings is 2. The van der Waals surface area contributed by atoms with Crippen LogP contribution in [0.2, 0.25) is 0 Å². The number of nitro groups is 1. The molecule has 0 fully saturated rings. The van der Waals surface area contributed by atoms with Crippen molar-refractivity contribution >= 4 is 52.3 Å². The number of nitrogens with zero attached hydrogens (tertiary/aromatic N) is 3. The van der Waals surface area contributed by atoms with Crippen LogP contribution in [0.15, 0.2) is 58.8 Å². The second-order valence-corrected chi connectivity index (χ2v) is 8.07. The molecule has 3 aromatic rings. The molecule has 0 radical (unpaired) electrons. The van der Waals surface area contributed by atoms with Gasteiger partial charge in [0.05, 0.1) is 22.8 Å². The van der Waals surface area contributed by atoms with Crippen LogP contribution in [0.1, 0.15) is 38.2 Å². The molecule has 12 heteroatoms. The number of anilines is 2. The van der Waals surface area contributed by atoms with E-state index in [1.54, 1.807) is 43.3 Å². The van der Waals surface area contributed by atoms with Crippen LogP contribution in [0.5, 0.6) is 0 Å². The number of rotatable bonds is 14. The van der Waals surface area contributed by atoms with Crippen LogP contribution in [0, 0.1) is 10.1 Å². The molecule has 1 aromatic heterocycles. The van der Waals surface area contributed by atoms with Crippen molar-refractivity contribution in [3.63, 3.8) is 0 Å². The second kappa shape index (κ2) is 14.0. The van der Waals surface area contributed by atoms with Gasteiger partial charge in [0.25, 0.3) is 0 Å². The maximum atomic E-state index is 12.3. The average Bonchev–Trinajstić information content (AvgIpc) is 3.39. The zero-order valence-electron chi connectivity index (χ0n) is 20.7. The van der Waals surface area contributed by atoms with Crippen LogP contribution in [-0.2, 0) is 19.1 Å². The van der Waals surface area contributed by atoms with E-state index in [0.29, 0.717) is 42.6 Å². The Morgan fingerprint density at radius 2 is 1.84 bits per heavy atom. The Labute approximate surface area is 217 Å². The number of non-ortho nitro benzene ring substituents is 1. The Hall–Kier alpha value is -4.87. The van der Waals surface area contributed by atoms with Crippen molar-refractivity contribution in [1.29, 1.82) is 0 Å². The summed E-state index contributed by atoms with van der Waals surface area (Å²) in [6.45, 7) is 2.49. The van der Waals surface area contributed by atoms with E-state index < -0.39 is 10.9 Å². The Morgan fingerprint density at radius 1 is 1.08 bits per heavy atom. The standard InChI is InChI=1S/C26H27N5O7/c1-2-37-26(34)19(15-17-32)10-7-18-8-11-20(12-9-18)28-23(33)6-4-3-5-16-27-21-13-14-22(31(35)36)25-24(21)29-38-30-25/h7-15,17,27H,2-6,16H2,1H3,(H,28,33)/b10-7+,19-15+. The van der Waals surface area contributed by atoms with Crippen LogP contribution >= 0.6 is 0 Å². The molecule has 0 spiro atoms. The molecular formula is C26H27N5O7. The fourth-order valence-electron chi connectivity index (χ4n) is 3.52. The number of esters is 1. The van der Waals surface area contributed by atoms with Gasteiger partial charge in [0.15, 0.2) is 5.52 Å². The molecular weight excluding hydrogens is 494 g/mol. The molecule has 3 rings (SSSR count). The smallest absolute Gasteiger partial charge is 0.338 e. The lowest BCUT2D eigenvalue weighted by Crippen LogP contribution is -2.11. The number of ether oxygens (including phenoxy) is 1. The molecule has 2 aromatic carbocycles. The van der Waals surface area contributed by atoms with Crippen LogP contribution < -0.4 is 10.6 Å². The maximum Gasteiger partial charge on any atom is 0.338 e. The van der Waals surface area contributed by atoms with E-state index in [-0.39, 0.29) is 29.3 Å². The minimum Gasteiger partial charge on any atom is -0.462 e. The monoisotopic (exact) mass is 521 g/mol. The van der Waals surface area contributed by atoms with E-state index >= 15 is 0 Å². The molecule has 198 valence electrons. The van der Waals surface area contributed by atoms with E-state index in [2.05, 4.69) is 25.6 Å². The first-order chi connectivity index (χ1) is 18.4. The molecule has 12 nitrogen and oxygen atoms in total. The number of aromatic nitrogens is 2. The highest BCUT2D eigenvalue weighted by molar-refractivity contribution is 5.96. The number of nitro benzene ring substituents is 1. The number of carbonyl (C=O) groups excluding carboxylic acids is 3. The first-order valence-corrected chi connectivity index (χ1v) is 12.0. The number of allylic oxidation sites excluding steroid dienone is 1. The first-order valence-electron chi connectivity index (χ1n) is 12.0. The van der Waals surface area contributed by atoms with E-state index in [1.807, 2.05) is 0 Å². The normalized spacial score (nSPS) is 11.4. The fourth-order valence-corrected chi connectivity index (χ4v) is 3.52. The minimum atomic E-state index is -0.577. The summed E-state index contributed by atoms with van der Waals surface area (Å²) in [4.78, 5) is 45.4. The summed E-state index contributed by atoms with van der Waals surface area (Å²) in [6, 6.07) is 9.98. The van der Waals surface area contributed by atoms with Gasteiger partial charge in [-0.2, -0.15) is 0 Å². The topological polar surface area (TPSA) is 167 Å². The Morgan fingerprint density at radius 3 is 2.55 bits per heavy atom. The highest BCUT2D eigenvalue weighted by Gasteiger charge is 2.19. The minimum absolute atomic E-state index is 0.0943. The molecule has 1 heterocycles. The summed E-state index contributed by atoms with van der Waals surface area (Å²) in [7, 11) is 0.